The van der Waals surface area contributed by atoms with Crippen molar-refractivity contribution in [2.24, 2.45) is 5.92 Å². The summed E-state index contributed by atoms with van der Waals surface area (Å²) in [7, 11) is 1.49. The number of carbonyl (C=O) groups is 3. The van der Waals surface area contributed by atoms with Crippen LogP contribution in [0.5, 0.6) is 5.75 Å². The summed E-state index contributed by atoms with van der Waals surface area (Å²) in [5.41, 5.74) is 0.975. The third kappa shape index (κ3) is 4.03. The Labute approximate surface area is 160 Å². The molecule has 3 rings (SSSR count). The summed E-state index contributed by atoms with van der Waals surface area (Å²) in [6.07, 6.45) is 0.0542. The minimum absolute atomic E-state index is 0.0169. The normalized spacial score (nSPS) is 16.3. The molecule has 7 nitrogen and oxygen atoms in total. The fourth-order valence-corrected chi connectivity index (χ4v) is 3.09. The van der Waals surface area contributed by atoms with Gasteiger partial charge in [-0.2, -0.15) is 0 Å². The van der Waals surface area contributed by atoms with Gasteiger partial charge in [0, 0.05) is 23.7 Å². The van der Waals surface area contributed by atoms with Gasteiger partial charge < -0.3 is 24.9 Å². The molecule has 2 aromatic rings. The number of carboxylic acid groups (broad SMARTS) is 1. The summed E-state index contributed by atoms with van der Waals surface area (Å²) in [6, 6.07) is 10.6. The SMILES string of the molecule is COc1ccc(Cl)cc1N1C[C@@H](C(=O)Nc2ccc(C(=O)[O-])cc2)CC1=O. The predicted molar refractivity (Wildman–Crippen MR) is 97.9 cm³/mol. The van der Waals surface area contributed by atoms with Crippen LogP contribution < -0.4 is 20.1 Å². The second-order valence-corrected chi connectivity index (χ2v) is 6.51. The molecule has 1 aliphatic rings. The van der Waals surface area contributed by atoms with Crippen LogP contribution in [0.3, 0.4) is 0 Å². The summed E-state index contributed by atoms with van der Waals surface area (Å²) in [4.78, 5) is 37.2. The summed E-state index contributed by atoms with van der Waals surface area (Å²) in [5.74, 6) is -1.88. The van der Waals surface area contributed by atoms with Gasteiger partial charge in [0.05, 0.1) is 24.7 Å². The number of aromatic carboxylic acids is 1. The molecule has 2 amide bonds. The van der Waals surface area contributed by atoms with Crippen LogP contribution in [-0.2, 0) is 9.59 Å². The number of nitrogens with zero attached hydrogens (tertiary/aromatic N) is 1. The summed E-state index contributed by atoms with van der Waals surface area (Å²) in [5, 5.41) is 13.9. The van der Waals surface area contributed by atoms with Crippen LogP contribution >= 0.6 is 11.6 Å². The predicted octanol–water partition coefficient (Wildman–Crippen LogP) is 1.70. The number of hydrogen-bond donors (Lipinski definition) is 1. The Kier molecular flexibility index (Phi) is 5.32. The van der Waals surface area contributed by atoms with Gasteiger partial charge in [0.1, 0.15) is 5.75 Å². The first-order chi connectivity index (χ1) is 12.9. The number of halogens is 1. The lowest BCUT2D eigenvalue weighted by atomic mass is 10.1. The van der Waals surface area contributed by atoms with E-state index in [-0.39, 0.29) is 30.3 Å². The van der Waals surface area contributed by atoms with Gasteiger partial charge in [-0.3, -0.25) is 9.59 Å². The second-order valence-electron chi connectivity index (χ2n) is 6.08. The van der Waals surface area contributed by atoms with Crippen molar-refractivity contribution in [3.05, 3.63) is 53.1 Å². The van der Waals surface area contributed by atoms with E-state index in [2.05, 4.69) is 5.32 Å². The van der Waals surface area contributed by atoms with Gasteiger partial charge in [0.15, 0.2) is 0 Å². The smallest absolute Gasteiger partial charge is 0.229 e. The van der Waals surface area contributed by atoms with Crippen molar-refractivity contribution in [1.29, 1.82) is 0 Å². The van der Waals surface area contributed by atoms with Crippen LogP contribution in [0, 0.1) is 5.92 Å². The lowest BCUT2D eigenvalue weighted by Gasteiger charge is -2.20. The number of hydrogen-bond acceptors (Lipinski definition) is 5. The third-order valence-corrected chi connectivity index (χ3v) is 4.55. The average Bonchev–Trinajstić information content (AvgIpc) is 3.04. The largest absolute Gasteiger partial charge is 0.545 e. The number of rotatable bonds is 5. The maximum atomic E-state index is 12.5. The second kappa shape index (κ2) is 7.67. The Morgan fingerprint density at radius 1 is 1.22 bits per heavy atom. The zero-order chi connectivity index (χ0) is 19.6. The van der Waals surface area contributed by atoms with Crippen molar-refractivity contribution in [2.45, 2.75) is 6.42 Å². The van der Waals surface area contributed by atoms with E-state index in [4.69, 9.17) is 16.3 Å². The van der Waals surface area contributed by atoms with Crippen LogP contribution in [0.4, 0.5) is 11.4 Å². The Morgan fingerprint density at radius 3 is 2.56 bits per heavy atom. The molecular weight excluding hydrogens is 372 g/mol. The first kappa shape index (κ1) is 18.7. The number of carbonyl (C=O) groups excluding carboxylic acids is 3. The topological polar surface area (TPSA) is 98.8 Å². The molecule has 0 bridgehead atoms. The molecule has 0 aromatic heterocycles. The Morgan fingerprint density at radius 2 is 1.93 bits per heavy atom. The van der Waals surface area contributed by atoms with Gasteiger partial charge in [-0.1, -0.05) is 23.7 Å². The lowest BCUT2D eigenvalue weighted by Crippen LogP contribution is -2.28. The van der Waals surface area contributed by atoms with E-state index in [0.717, 1.165) is 0 Å². The van der Waals surface area contributed by atoms with Gasteiger partial charge in [0.2, 0.25) is 11.8 Å². The molecule has 0 unspecified atom stereocenters. The van der Waals surface area contributed by atoms with E-state index < -0.39 is 11.9 Å². The molecule has 0 radical (unpaired) electrons. The van der Waals surface area contributed by atoms with E-state index >= 15 is 0 Å². The van der Waals surface area contributed by atoms with Crippen molar-refractivity contribution >= 4 is 40.8 Å². The quantitative estimate of drug-likeness (QED) is 0.841. The zero-order valence-corrected chi connectivity index (χ0v) is 15.2. The van der Waals surface area contributed by atoms with Crippen LogP contribution in [0.15, 0.2) is 42.5 Å². The Hall–Kier alpha value is -3.06. The maximum Gasteiger partial charge on any atom is 0.229 e. The van der Waals surface area contributed by atoms with Crippen molar-refractivity contribution in [1.82, 2.24) is 0 Å². The molecule has 1 fully saturated rings. The fraction of sp³-hybridized carbons (Fsp3) is 0.211. The number of anilines is 2. The molecule has 1 heterocycles. The highest BCUT2D eigenvalue weighted by Gasteiger charge is 2.36. The van der Waals surface area contributed by atoms with E-state index in [1.54, 1.807) is 18.2 Å². The molecule has 1 aliphatic heterocycles. The summed E-state index contributed by atoms with van der Waals surface area (Å²) < 4.78 is 5.28. The third-order valence-electron chi connectivity index (χ3n) is 4.32. The highest BCUT2D eigenvalue weighted by Crippen LogP contribution is 2.35. The molecule has 27 heavy (non-hydrogen) atoms. The molecule has 1 atom stereocenters. The van der Waals surface area contributed by atoms with Crippen molar-refractivity contribution < 1.29 is 24.2 Å². The first-order valence-electron chi connectivity index (χ1n) is 8.15. The number of carboxylic acids is 1. The molecule has 140 valence electrons. The fourth-order valence-electron chi connectivity index (χ4n) is 2.92. The number of amides is 2. The van der Waals surface area contributed by atoms with Crippen LogP contribution in [-0.4, -0.2) is 31.4 Å². The van der Waals surface area contributed by atoms with Gasteiger partial charge in [0.25, 0.3) is 0 Å². The lowest BCUT2D eigenvalue weighted by molar-refractivity contribution is -0.255. The van der Waals surface area contributed by atoms with Crippen LogP contribution in [0.1, 0.15) is 16.8 Å². The maximum absolute atomic E-state index is 12.5. The van der Waals surface area contributed by atoms with E-state index in [9.17, 15) is 19.5 Å². The van der Waals surface area contributed by atoms with E-state index in [1.165, 1.54) is 36.3 Å². The average molecular weight is 388 g/mol. The van der Waals surface area contributed by atoms with Crippen molar-refractivity contribution in [3.63, 3.8) is 0 Å². The van der Waals surface area contributed by atoms with Gasteiger partial charge in [-0.25, -0.2) is 0 Å². The summed E-state index contributed by atoms with van der Waals surface area (Å²) >= 11 is 6.02. The van der Waals surface area contributed by atoms with Crippen molar-refractivity contribution in [2.75, 3.05) is 23.9 Å². The minimum Gasteiger partial charge on any atom is -0.545 e. The molecule has 0 saturated carbocycles. The molecule has 0 spiro atoms. The van der Waals surface area contributed by atoms with Gasteiger partial charge in [-0.15, -0.1) is 0 Å². The highest BCUT2D eigenvalue weighted by atomic mass is 35.5. The first-order valence-corrected chi connectivity index (χ1v) is 8.53. The van der Waals surface area contributed by atoms with Gasteiger partial charge in [-0.05, 0) is 35.9 Å². The number of ether oxygens (including phenoxy) is 1. The Balaban J connectivity index is 1.72. The number of methoxy groups -OCH3 is 1. The monoisotopic (exact) mass is 387 g/mol. The van der Waals surface area contributed by atoms with E-state index in [0.29, 0.717) is 22.1 Å². The standard InChI is InChI=1S/C19H17ClN2O5/c1-27-16-7-4-13(20)9-15(16)22-10-12(8-17(22)23)18(24)21-14-5-2-11(3-6-14)19(25)26/h2-7,9,12H,8,10H2,1H3,(H,21,24)(H,25,26)/p-1/t12-/m0/s1. The zero-order valence-electron chi connectivity index (χ0n) is 14.4. The molecule has 1 N–H and O–H groups in total. The van der Waals surface area contributed by atoms with Crippen molar-refractivity contribution in [3.8, 4) is 5.75 Å². The molecule has 0 aliphatic carbocycles. The number of benzene rings is 2. The van der Waals surface area contributed by atoms with Crippen LogP contribution in [0.2, 0.25) is 5.02 Å². The molecular formula is C19H16ClN2O5-. The molecule has 8 heteroatoms. The molecule has 2 aromatic carbocycles. The summed E-state index contributed by atoms with van der Waals surface area (Å²) in [6.45, 7) is 0.193. The van der Waals surface area contributed by atoms with E-state index in [1.807, 2.05) is 0 Å². The minimum atomic E-state index is -1.29. The Bertz CT molecular complexity index is 897. The highest BCUT2D eigenvalue weighted by molar-refractivity contribution is 6.31. The van der Waals surface area contributed by atoms with Gasteiger partial charge >= 0.3 is 0 Å². The molecule has 1 saturated heterocycles. The van der Waals surface area contributed by atoms with Crippen LogP contribution in [0.25, 0.3) is 0 Å². The number of nitrogens with one attached hydrogen (secondary N) is 1.